The fraction of sp³-hybridized carbons (Fsp3) is 0.154. The number of aliphatic carboxylic acids is 1. The van der Waals surface area contributed by atoms with Crippen molar-refractivity contribution in [3.05, 3.63) is 40.4 Å². The van der Waals surface area contributed by atoms with E-state index in [9.17, 15) is 9.90 Å². The van der Waals surface area contributed by atoms with E-state index in [1.807, 2.05) is 18.2 Å². The Balaban J connectivity index is 2.54. The third-order valence-electron chi connectivity index (χ3n) is 2.81. The molecule has 0 radical (unpaired) electrons. The van der Waals surface area contributed by atoms with Crippen LogP contribution in [0.1, 0.15) is 5.56 Å². The van der Waals surface area contributed by atoms with Gasteiger partial charge in [0.05, 0.1) is 0 Å². The van der Waals surface area contributed by atoms with Crippen LogP contribution in [0.5, 0.6) is 5.75 Å². The van der Waals surface area contributed by atoms with Gasteiger partial charge in [0.25, 0.3) is 0 Å². The number of fused-ring (bicyclic) bond motifs is 1. The van der Waals surface area contributed by atoms with E-state index in [2.05, 4.69) is 15.9 Å². The predicted octanol–water partition coefficient (Wildman–Crippen LogP) is 2.26. The zero-order chi connectivity index (χ0) is 13.3. The Morgan fingerprint density at radius 3 is 2.72 bits per heavy atom. The van der Waals surface area contributed by atoms with Crippen LogP contribution in [0.3, 0.4) is 0 Å². The fourth-order valence-corrected chi connectivity index (χ4v) is 2.25. The number of aromatic hydroxyl groups is 1. The molecule has 0 aliphatic carbocycles. The lowest BCUT2D eigenvalue weighted by molar-refractivity contribution is -0.138. The Kier molecular flexibility index (Phi) is 3.54. The summed E-state index contributed by atoms with van der Waals surface area (Å²) in [7, 11) is 0. The molecule has 0 saturated carbocycles. The topological polar surface area (TPSA) is 83.5 Å². The zero-order valence-electron chi connectivity index (χ0n) is 9.43. The second-order valence-electron chi connectivity index (χ2n) is 4.08. The van der Waals surface area contributed by atoms with Gasteiger partial charge in [-0.15, -0.1) is 0 Å². The number of benzene rings is 2. The summed E-state index contributed by atoms with van der Waals surface area (Å²) in [6.07, 6.45) is 0.0974. The lowest BCUT2D eigenvalue weighted by Gasteiger charge is -2.12. The third-order valence-corrected chi connectivity index (χ3v) is 3.30. The first-order chi connectivity index (χ1) is 8.49. The van der Waals surface area contributed by atoms with E-state index in [1.54, 1.807) is 12.1 Å². The van der Waals surface area contributed by atoms with Crippen molar-refractivity contribution in [2.24, 2.45) is 5.73 Å². The molecular weight excluding hydrogens is 298 g/mol. The summed E-state index contributed by atoms with van der Waals surface area (Å²) in [5.74, 6) is -1.01. The SMILES string of the molecule is NC(Cc1c(O)ccc2cc(Br)ccc12)C(=O)O. The Hall–Kier alpha value is -1.59. The molecule has 0 aliphatic heterocycles. The molecule has 0 fully saturated rings. The van der Waals surface area contributed by atoms with Gasteiger partial charge in [-0.1, -0.05) is 28.1 Å². The van der Waals surface area contributed by atoms with E-state index in [4.69, 9.17) is 10.8 Å². The summed E-state index contributed by atoms with van der Waals surface area (Å²) in [6, 6.07) is 7.90. The molecule has 0 aliphatic rings. The highest BCUT2D eigenvalue weighted by Crippen LogP contribution is 2.30. The van der Waals surface area contributed by atoms with E-state index in [-0.39, 0.29) is 12.2 Å². The number of halogens is 1. The number of rotatable bonds is 3. The maximum atomic E-state index is 10.8. The molecule has 0 saturated heterocycles. The average Bonchev–Trinajstić information content (AvgIpc) is 2.32. The molecule has 4 N–H and O–H groups in total. The van der Waals surface area contributed by atoms with Crippen LogP contribution < -0.4 is 5.73 Å². The molecule has 0 heterocycles. The van der Waals surface area contributed by atoms with E-state index >= 15 is 0 Å². The largest absolute Gasteiger partial charge is 0.508 e. The Bertz CT molecular complexity index is 612. The molecule has 0 amide bonds. The number of carbonyl (C=O) groups is 1. The first kappa shape index (κ1) is 12.9. The molecule has 0 aromatic heterocycles. The van der Waals surface area contributed by atoms with Crippen molar-refractivity contribution in [3.8, 4) is 5.75 Å². The molecule has 2 rings (SSSR count). The Morgan fingerprint density at radius 1 is 1.33 bits per heavy atom. The van der Waals surface area contributed by atoms with Gasteiger partial charge in [0.2, 0.25) is 0 Å². The summed E-state index contributed by atoms with van der Waals surface area (Å²) in [4.78, 5) is 10.8. The quantitative estimate of drug-likeness (QED) is 0.812. The van der Waals surface area contributed by atoms with Crippen LogP contribution in [-0.4, -0.2) is 22.2 Å². The zero-order valence-corrected chi connectivity index (χ0v) is 11.0. The second-order valence-corrected chi connectivity index (χ2v) is 4.99. The van der Waals surface area contributed by atoms with Crippen molar-refractivity contribution in [1.29, 1.82) is 0 Å². The summed E-state index contributed by atoms with van der Waals surface area (Å²) in [5.41, 5.74) is 6.08. The van der Waals surface area contributed by atoms with Crippen LogP contribution in [0.2, 0.25) is 0 Å². The monoisotopic (exact) mass is 309 g/mol. The van der Waals surface area contributed by atoms with Crippen LogP contribution in [0.4, 0.5) is 0 Å². The lowest BCUT2D eigenvalue weighted by atomic mass is 9.98. The van der Waals surface area contributed by atoms with Crippen molar-refractivity contribution < 1.29 is 15.0 Å². The first-order valence-corrected chi connectivity index (χ1v) is 6.17. The minimum atomic E-state index is -1.08. The molecule has 18 heavy (non-hydrogen) atoms. The summed E-state index contributed by atoms with van der Waals surface area (Å²) < 4.78 is 0.925. The first-order valence-electron chi connectivity index (χ1n) is 5.37. The molecular formula is C13H12BrNO3. The molecule has 94 valence electrons. The minimum Gasteiger partial charge on any atom is -0.508 e. The summed E-state index contributed by atoms with van der Waals surface area (Å²) in [6.45, 7) is 0. The maximum Gasteiger partial charge on any atom is 0.320 e. The van der Waals surface area contributed by atoms with Crippen molar-refractivity contribution in [3.63, 3.8) is 0 Å². The van der Waals surface area contributed by atoms with E-state index in [0.29, 0.717) is 5.56 Å². The summed E-state index contributed by atoms with van der Waals surface area (Å²) in [5, 5.41) is 20.4. The molecule has 0 spiro atoms. The number of hydrogen-bond acceptors (Lipinski definition) is 3. The van der Waals surface area contributed by atoms with Crippen molar-refractivity contribution in [2.75, 3.05) is 0 Å². The molecule has 4 nitrogen and oxygen atoms in total. The van der Waals surface area contributed by atoms with Gasteiger partial charge < -0.3 is 15.9 Å². The molecule has 1 unspecified atom stereocenters. The molecule has 2 aromatic rings. The average molecular weight is 310 g/mol. The number of hydrogen-bond donors (Lipinski definition) is 3. The second kappa shape index (κ2) is 4.96. The minimum absolute atomic E-state index is 0.0709. The lowest BCUT2D eigenvalue weighted by Crippen LogP contribution is -2.32. The third kappa shape index (κ3) is 2.47. The van der Waals surface area contributed by atoms with Gasteiger partial charge >= 0.3 is 5.97 Å². The fourth-order valence-electron chi connectivity index (χ4n) is 1.88. The van der Waals surface area contributed by atoms with Gasteiger partial charge in [-0.05, 0) is 29.0 Å². The van der Waals surface area contributed by atoms with Crippen molar-refractivity contribution >= 4 is 32.7 Å². The van der Waals surface area contributed by atoms with Crippen molar-refractivity contribution in [1.82, 2.24) is 0 Å². The number of nitrogens with two attached hydrogens (primary N) is 1. The number of phenolic OH excluding ortho intramolecular Hbond substituents is 1. The van der Waals surface area contributed by atoms with Gasteiger partial charge in [-0.3, -0.25) is 4.79 Å². The normalized spacial score (nSPS) is 12.6. The van der Waals surface area contributed by atoms with Crippen LogP contribution in [-0.2, 0) is 11.2 Å². The number of carboxylic acid groups (broad SMARTS) is 1. The smallest absolute Gasteiger partial charge is 0.320 e. The van der Waals surface area contributed by atoms with Gasteiger partial charge in [0.1, 0.15) is 11.8 Å². The number of carboxylic acids is 1. The maximum absolute atomic E-state index is 10.8. The predicted molar refractivity (Wildman–Crippen MR) is 72.6 cm³/mol. The van der Waals surface area contributed by atoms with Gasteiger partial charge in [-0.2, -0.15) is 0 Å². The number of phenols is 1. The molecule has 0 bridgehead atoms. The van der Waals surface area contributed by atoms with Gasteiger partial charge in [0, 0.05) is 16.5 Å². The van der Waals surface area contributed by atoms with Crippen LogP contribution in [0.25, 0.3) is 10.8 Å². The van der Waals surface area contributed by atoms with E-state index < -0.39 is 12.0 Å². The standard InChI is InChI=1S/C13H12BrNO3/c14-8-2-3-9-7(5-8)1-4-12(16)10(9)6-11(15)13(17)18/h1-5,11,16H,6,15H2,(H,17,18). The molecule has 1 atom stereocenters. The highest BCUT2D eigenvalue weighted by molar-refractivity contribution is 9.10. The Labute approximate surface area is 112 Å². The van der Waals surface area contributed by atoms with E-state index in [0.717, 1.165) is 15.2 Å². The highest BCUT2D eigenvalue weighted by atomic mass is 79.9. The Morgan fingerprint density at radius 2 is 2.06 bits per heavy atom. The van der Waals surface area contributed by atoms with Crippen molar-refractivity contribution in [2.45, 2.75) is 12.5 Å². The molecule has 2 aromatic carbocycles. The van der Waals surface area contributed by atoms with Gasteiger partial charge in [0.15, 0.2) is 0 Å². The van der Waals surface area contributed by atoms with Crippen LogP contribution in [0, 0.1) is 0 Å². The van der Waals surface area contributed by atoms with Gasteiger partial charge in [-0.25, -0.2) is 0 Å². The van der Waals surface area contributed by atoms with E-state index in [1.165, 1.54) is 0 Å². The van der Waals surface area contributed by atoms with Crippen LogP contribution in [0.15, 0.2) is 34.8 Å². The highest BCUT2D eigenvalue weighted by Gasteiger charge is 2.16. The molecule has 5 heteroatoms. The summed E-state index contributed by atoms with van der Waals surface area (Å²) >= 11 is 3.37. The van der Waals surface area contributed by atoms with Crippen LogP contribution >= 0.6 is 15.9 Å².